The maximum absolute atomic E-state index is 7.02. The Hall–Kier alpha value is -8.20. The Morgan fingerprint density at radius 1 is 0.302 bits per heavy atom. The van der Waals surface area contributed by atoms with Crippen molar-refractivity contribution < 1.29 is 4.42 Å². The SMILES string of the molecule is c1ccc(-c2ccc(N(c3ccccc3)c3cccc(-c4cccc(-c5cccc6c5oc5cc(C7(c8ccccc8)c8ccccc8-c8ccccc87)ccc56)c4)c3)cc2)cc1. The summed E-state index contributed by atoms with van der Waals surface area (Å²) < 4.78 is 7.02. The standard InChI is InChI=1S/C61H41NO/c1-4-17-42(18-5-1)43-33-36-50(37-34-43)62(49-24-8-3-9-25-49)51-26-15-20-45(40-51)44-19-14-21-46(39-44)52-29-16-30-56-55-38-35-48(41-59(55)63-60(52)56)61(47-22-6-2-7-23-47)57-31-12-10-27-53(57)54-28-11-13-32-58(54)61/h1-41H. The molecule has 0 bridgehead atoms. The van der Waals surface area contributed by atoms with E-state index in [1.807, 2.05) is 0 Å². The van der Waals surface area contributed by atoms with Crippen LogP contribution in [0.4, 0.5) is 17.1 Å². The molecule has 2 heteroatoms. The largest absolute Gasteiger partial charge is 0.455 e. The van der Waals surface area contributed by atoms with Gasteiger partial charge in [0.1, 0.15) is 11.2 Å². The normalized spacial score (nSPS) is 12.6. The van der Waals surface area contributed by atoms with Crippen LogP contribution in [-0.4, -0.2) is 0 Å². The average Bonchev–Trinajstić information content (AvgIpc) is 3.89. The summed E-state index contributed by atoms with van der Waals surface area (Å²) in [6, 6.07) is 89.8. The zero-order chi connectivity index (χ0) is 41.7. The number of benzene rings is 10. The van der Waals surface area contributed by atoms with E-state index in [1.165, 1.54) is 44.5 Å². The molecule has 0 atom stereocenters. The van der Waals surface area contributed by atoms with Crippen LogP contribution in [0.1, 0.15) is 22.3 Å². The predicted octanol–water partition coefficient (Wildman–Crippen LogP) is 16.4. The molecule has 0 N–H and O–H groups in total. The quantitative estimate of drug-likeness (QED) is 0.152. The van der Waals surface area contributed by atoms with Gasteiger partial charge in [-0.25, -0.2) is 0 Å². The van der Waals surface area contributed by atoms with Crippen LogP contribution >= 0.6 is 0 Å². The molecule has 12 rings (SSSR count). The summed E-state index contributed by atoms with van der Waals surface area (Å²) in [6.45, 7) is 0. The van der Waals surface area contributed by atoms with Gasteiger partial charge >= 0.3 is 0 Å². The van der Waals surface area contributed by atoms with Gasteiger partial charge in [-0.1, -0.05) is 200 Å². The molecule has 1 aliphatic rings. The van der Waals surface area contributed by atoms with Crippen LogP contribution in [0.15, 0.2) is 253 Å². The molecule has 0 unspecified atom stereocenters. The third-order valence-electron chi connectivity index (χ3n) is 12.9. The number of anilines is 3. The maximum atomic E-state index is 7.02. The first kappa shape index (κ1) is 36.6. The maximum Gasteiger partial charge on any atom is 0.143 e. The Morgan fingerprint density at radius 2 is 0.825 bits per heavy atom. The first-order valence-corrected chi connectivity index (χ1v) is 21.7. The lowest BCUT2D eigenvalue weighted by Gasteiger charge is -2.33. The molecule has 0 spiro atoms. The van der Waals surface area contributed by atoms with E-state index in [1.54, 1.807) is 0 Å². The highest BCUT2D eigenvalue weighted by Crippen LogP contribution is 2.56. The Kier molecular flexibility index (Phi) is 8.76. The molecule has 1 aromatic heterocycles. The number of fused-ring (bicyclic) bond motifs is 6. The number of hydrogen-bond acceptors (Lipinski definition) is 2. The van der Waals surface area contributed by atoms with Crippen LogP contribution in [0.3, 0.4) is 0 Å². The Bertz CT molecular complexity index is 3400. The molecule has 0 saturated carbocycles. The lowest BCUT2D eigenvalue weighted by molar-refractivity contribution is 0.666. The molecule has 11 aromatic rings. The molecule has 0 radical (unpaired) electrons. The number of hydrogen-bond donors (Lipinski definition) is 0. The summed E-state index contributed by atoms with van der Waals surface area (Å²) >= 11 is 0. The Morgan fingerprint density at radius 3 is 1.56 bits per heavy atom. The molecule has 0 amide bonds. The van der Waals surface area contributed by atoms with E-state index in [0.29, 0.717) is 0 Å². The summed E-state index contributed by atoms with van der Waals surface area (Å²) in [5.74, 6) is 0. The van der Waals surface area contributed by atoms with Crippen LogP contribution in [-0.2, 0) is 5.41 Å². The third-order valence-corrected chi connectivity index (χ3v) is 12.9. The van der Waals surface area contributed by atoms with Crippen LogP contribution in [0.5, 0.6) is 0 Å². The van der Waals surface area contributed by atoms with Crippen molar-refractivity contribution in [2.75, 3.05) is 4.90 Å². The molecule has 2 nitrogen and oxygen atoms in total. The van der Waals surface area contributed by atoms with Crippen LogP contribution in [0.25, 0.3) is 66.4 Å². The molecule has 63 heavy (non-hydrogen) atoms. The summed E-state index contributed by atoms with van der Waals surface area (Å²) in [6.07, 6.45) is 0. The van der Waals surface area contributed by atoms with Gasteiger partial charge in [-0.05, 0) is 110 Å². The first-order valence-electron chi connectivity index (χ1n) is 21.7. The van der Waals surface area contributed by atoms with Gasteiger partial charge in [0.15, 0.2) is 0 Å². The second-order valence-corrected chi connectivity index (χ2v) is 16.4. The Balaban J connectivity index is 0.945. The molecule has 1 aliphatic carbocycles. The number of nitrogens with zero attached hydrogens (tertiary/aromatic N) is 1. The highest BCUT2D eigenvalue weighted by molar-refractivity contribution is 6.10. The predicted molar refractivity (Wildman–Crippen MR) is 262 cm³/mol. The second-order valence-electron chi connectivity index (χ2n) is 16.4. The topological polar surface area (TPSA) is 16.4 Å². The monoisotopic (exact) mass is 803 g/mol. The van der Waals surface area contributed by atoms with Gasteiger partial charge in [0.25, 0.3) is 0 Å². The fraction of sp³-hybridized carbons (Fsp3) is 0.0164. The molecule has 0 aliphatic heterocycles. The van der Waals surface area contributed by atoms with Gasteiger partial charge in [0, 0.05) is 33.4 Å². The highest BCUT2D eigenvalue weighted by Gasteiger charge is 2.46. The van der Waals surface area contributed by atoms with E-state index in [4.69, 9.17) is 4.42 Å². The van der Waals surface area contributed by atoms with E-state index in [0.717, 1.165) is 61.3 Å². The fourth-order valence-corrected chi connectivity index (χ4v) is 10.1. The van der Waals surface area contributed by atoms with E-state index in [-0.39, 0.29) is 0 Å². The van der Waals surface area contributed by atoms with Gasteiger partial charge in [-0.15, -0.1) is 0 Å². The smallest absolute Gasteiger partial charge is 0.143 e. The van der Waals surface area contributed by atoms with Crippen molar-refractivity contribution in [3.8, 4) is 44.5 Å². The zero-order valence-electron chi connectivity index (χ0n) is 34.5. The van der Waals surface area contributed by atoms with Gasteiger partial charge in [0.05, 0.1) is 5.41 Å². The molecule has 296 valence electrons. The minimum absolute atomic E-state index is 0.491. The van der Waals surface area contributed by atoms with Gasteiger partial charge in [0.2, 0.25) is 0 Å². The summed E-state index contributed by atoms with van der Waals surface area (Å²) in [4.78, 5) is 2.33. The van der Waals surface area contributed by atoms with Crippen molar-refractivity contribution in [2.24, 2.45) is 0 Å². The third kappa shape index (κ3) is 6.02. The van der Waals surface area contributed by atoms with Gasteiger partial charge in [-0.3, -0.25) is 0 Å². The van der Waals surface area contributed by atoms with E-state index in [2.05, 4.69) is 254 Å². The second kappa shape index (κ2) is 15.1. The molecule has 10 aromatic carbocycles. The number of furan rings is 1. The van der Waals surface area contributed by atoms with Crippen molar-refractivity contribution in [3.63, 3.8) is 0 Å². The van der Waals surface area contributed by atoms with E-state index < -0.39 is 5.41 Å². The van der Waals surface area contributed by atoms with Crippen molar-refractivity contribution in [3.05, 3.63) is 271 Å². The lowest BCUT2D eigenvalue weighted by Crippen LogP contribution is -2.28. The highest BCUT2D eigenvalue weighted by atomic mass is 16.3. The van der Waals surface area contributed by atoms with Crippen molar-refractivity contribution in [1.82, 2.24) is 0 Å². The molecular weight excluding hydrogens is 763 g/mol. The summed E-state index contributed by atoms with van der Waals surface area (Å²) in [5, 5.41) is 2.22. The lowest BCUT2D eigenvalue weighted by atomic mass is 9.67. The number of para-hydroxylation sites is 2. The zero-order valence-corrected chi connectivity index (χ0v) is 34.5. The van der Waals surface area contributed by atoms with Crippen molar-refractivity contribution in [1.29, 1.82) is 0 Å². The van der Waals surface area contributed by atoms with Crippen molar-refractivity contribution in [2.45, 2.75) is 5.41 Å². The van der Waals surface area contributed by atoms with Crippen LogP contribution < -0.4 is 4.90 Å². The van der Waals surface area contributed by atoms with Gasteiger partial charge < -0.3 is 9.32 Å². The number of rotatable bonds is 8. The Labute approximate surface area is 367 Å². The molecular formula is C61H41NO. The van der Waals surface area contributed by atoms with Gasteiger partial charge in [-0.2, -0.15) is 0 Å². The van der Waals surface area contributed by atoms with Crippen LogP contribution in [0, 0.1) is 0 Å². The van der Waals surface area contributed by atoms with Crippen molar-refractivity contribution >= 4 is 39.0 Å². The molecule has 0 saturated heterocycles. The minimum Gasteiger partial charge on any atom is -0.455 e. The minimum atomic E-state index is -0.491. The fourth-order valence-electron chi connectivity index (χ4n) is 10.1. The van der Waals surface area contributed by atoms with Crippen LogP contribution in [0.2, 0.25) is 0 Å². The first-order chi connectivity index (χ1) is 31.2. The van der Waals surface area contributed by atoms with E-state index in [9.17, 15) is 0 Å². The summed E-state index contributed by atoms with van der Waals surface area (Å²) in [7, 11) is 0. The molecule has 0 fully saturated rings. The average molecular weight is 804 g/mol. The summed E-state index contributed by atoms with van der Waals surface area (Å²) in [5.41, 5.74) is 19.0. The molecule has 1 heterocycles. The van der Waals surface area contributed by atoms with E-state index >= 15 is 0 Å².